The lowest BCUT2D eigenvalue weighted by molar-refractivity contribution is 0.254. The molecule has 0 amide bonds. The molecular formula is C17H22N2O2. The lowest BCUT2D eigenvalue weighted by Gasteiger charge is -2.30. The molecule has 4 nitrogen and oxygen atoms in total. The van der Waals surface area contributed by atoms with E-state index in [0.29, 0.717) is 0 Å². The Hall–Kier alpha value is -1.65. The Bertz CT molecular complexity index is 615. The van der Waals surface area contributed by atoms with Crippen LogP contribution in [0, 0.1) is 0 Å². The van der Waals surface area contributed by atoms with Gasteiger partial charge >= 0.3 is 0 Å². The van der Waals surface area contributed by atoms with Crippen molar-refractivity contribution in [2.75, 3.05) is 18.1 Å². The quantitative estimate of drug-likeness (QED) is 0.910. The van der Waals surface area contributed by atoms with E-state index in [2.05, 4.69) is 4.90 Å². The van der Waals surface area contributed by atoms with Gasteiger partial charge in [-0.2, -0.15) is 0 Å². The van der Waals surface area contributed by atoms with Crippen LogP contribution in [0.5, 0.6) is 0 Å². The number of para-hydroxylation sites is 1. The Kier molecular flexibility index (Phi) is 4.36. The highest BCUT2D eigenvalue weighted by Crippen LogP contribution is 2.27. The standard InChI is InChI=1S/C17H22N2O2/c20-11-13-10-17(18-16-8-4-3-7-15(13)16)19-9-5-1-2-6-14(19)12-21/h3-4,7-8,10,14,20-21H,1-2,5-6,9,11-12H2. The van der Waals surface area contributed by atoms with E-state index >= 15 is 0 Å². The lowest BCUT2D eigenvalue weighted by Crippen LogP contribution is -2.38. The second-order valence-electron chi connectivity index (χ2n) is 5.69. The highest BCUT2D eigenvalue weighted by molar-refractivity contribution is 5.84. The van der Waals surface area contributed by atoms with Crippen LogP contribution >= 0.6 is 0 Å². The molecule has 0 saturated carbocycles. The van der Waals surface area contributed by atoms with Crippen molar-refractivity contribution < 1.29 is 10.2 Å². The number of anilines is 1. The summed E-state index contributed by atoms with van der Waals surface area (Å²) in [6.45, 7) is 1.08. The van der Waals surface area contributed by atoms with Crippen LogP contribution in [0.25, 0.3) is 10.9 Å². The monoisotopic (exact) mass is 286 g/mol. The van der Waals surface area contributed by atoms with Gasteiger partial charge in [0.2, 0.25) is 0 Å². The van der Waals surface area contributed by atoms with Crippen molar-refractivity contribution in [3.8, 4) is 0 Å². The number of benzene rings is 1. The van der Waals surface area contributed by atoms with Crippen LogP contribution in [0.1, 0.15) is 31.2 Å². The van der Waals surface area contributed by atoms with Crippen LogP contribution in [0.2, 0.25) is 0 Å². The van der Waals surface area contributed by atoms with E-state index in [1.807, 2.05) is 30.3 Å². The van der Waals surface area contributed by atoms with Gasteiger partial charge in [-0.1, -0.05) is 31.0 Å². The van der Waals surface area contributed by atoms with Crippen LogP contribution in [-0.2, 0) is 6.61 Å². The number of hydrogen-bond acceptors (Lipinski definition) is 4. The van der Waals surface area contributed by atoms with Crippen molar-refractivity contribution in [3.05, 3.63) is 35.9 Å². The van der Waals surface area contributed by atoms with Gasteiger partial charge in [0.25, 0.3) is 0 Å². The van der Waals surface area contributed by atoms with E-state index in [0.717, 1.165) is 48.1 Å². The normalized spacial score (nSPS) is 19.7. The third-order valence-electron chi connectivity index (χ3n) is 4.34. The first-order chi connectivity index (χ1) is 10.3. The first kappa shape index (κ1) is 14.3. The van der Waals surface area contributed by atoms with E-state index in [1.54, 1.807) is 0 Å². The molecule has 0 aliphatic carbocycles. The predicted molar refractivity (Wildman–Crippen MR) is 84.4 cm³/mol. The zero-order valence-electron chi connectivity index (χ0n) is 12.2. The fraction of sp³-hybridized carbons (Fsp3) is 0.471. The minimum absolute atomic E-state index is 0.00760. The molecule has 4 heteroatoms. The minimum Gasteiger partial charge on any atom is -0.394 e. The molecule has 2 heterocycles. The first-order valence-corrected chi connectivity index (χ1v) is 7.70. The number of hydrogen-bond donors (Lipinski definition) is 2. The van der Waals surface area contributed by atoms with Gasteiger partial charge in [0.15, 0.2) is 0 Å². The molecule has 0 radical (unpaired) electrons. The molecule has 3 rings (SSSR count). The third kappa shape index (κ3) is 2.87. The van der Waals surface area contributed by atoms with Gasteiger partial charge in [0.1, 0.15) is 5.82 Å². The van der Waals surface area contributed by atoms with E-state index in [1.165, 1.54) is 6.42 Å². The summed E-state index contributed by atoms with van der Waals surface area (Å²) in [4.78, 5) is 6.96. The van der Waals surface area contributed by atoms with Crippen molar-refractivity contribution in [2.24, 2.45) is 0 Å². The molecule has 1 unspecified atom stereocenters. The zero-order chi connectivity index (χ0) is 14.7. The molecule has 1 aromatic carbocycles. The van der Waals surface area contributed by atoms with Crippen LogP contribution in [0.15, 0.2) is 30.3 Å². The Labute approximate surface area is 125 Å². The Balaban J connectivity index is 2.05. The molecule has 1 fully saturated rings. The molecule has 2 aromatic rings. The molecule has 1 aromatic heterocycles. The average molecular weight is 286 g/mol. The summed E-state index contributed by atoms with van der Waals surface area (Å²) in [5.41, 5.74) is 1.80. The van der Waals surface area contributed by atoms with Gasteiger partial charge in [-0.05, 0) is 30.5 Å². The lowest BCUT2D eigenvalue weighted by atomic mass is 10.1. The maximum absolute atomic E-state index is 9.67. The minimum atomic E-state index is 0.00760. The highest BCUT2D eigenvalue weighted by atomic mass is 16.3. The number of fused-ring (bicyclic) bond motifs is 1. The molecular weight excluding hydrogens is 264 g/mol. The zero-order valence-corrected chi connectivity index (χ0v) is 12.2. The van der Waals surface area contributed by atoms with E-state index in [4.69, 9.17) is 4.98 Å². The van der Waals surface area contributed by atoms with Gasteiger partial charge in [0.05, 0.1) is 24.8 Å². The topological polar surface area (TPSA) is 56.6 Å². The van der Waals surface area contributed by atoms with Gasteiger partial charge < -0.3 is 15.1 Å². The summed E-state index contributed by atoms with van der Waals surface area (Å²) in [6, 6.07) is 9.99. The summed E-state index contributed by atoms with van der Waals surface area (Å²) in [5.74, 6) is 0.874. The molecule has 0 bridgehead atoms. The summed E-state index contributed by atoms with van der Waals surface area (Å²) in [6.07, 6.45) is 4.48. The first-order valence-electron chi connectivity index (χ1n) is 7.70. The van der Waals surface area contributed by atoms with Gasteiger partial charge in [-0.15, -0.1) is 0 Å². The number of aromatic nitrogens is 1. The van der Waals surface area contributed by atoms with Crippen molar-refractivity contribution in [1.82, 2.24) is 4.98 Å². The van der Waals surface area contributed by atoms with Crippen molar-refractivity contribution in [2.45, 2.75) is 38.3 Å². The smallest absolute Gasteiger partial charge is 0.129 e. The van der Waals surface area contributed by atoms with Crippen LogP contribution in [-0.4, -0.2) is 34.4 Å². The van der Waals surface area contributed by atoms with E-state index in [-0.39, 0.29) is 19.3 Å². The maximum atomic E-state index is 9.67. The second kappa shape index (κ2) is 6.41. The third-order valence-corrected chi connectivity index (χ3v) is 4.34. The molecule has 21 heavy (non-hydrogen) atoms. The molecule has 1 aliphatic heterocycles. The number of pyridine rings is 1. The van der Waals surface area contributed by atoms with Crippen LogP contribution in [0.3, 0.4) is 0 Å². The fourth-order valence-electron chi connectivity index (χ4n) is 3.18. The number of aliphatic hydroxyl groups excluding tert-OH is 2. The van der Waals surface area contributed by atoms with Crippen LogP contribution in [0.4, 0.5) is 5.82 Å². The Morgan fingerprint density at radius 1 is 1.14 bits per heavy atom. The van der Waals surface area contributed by atoms with Crippen molar-refractivity contribution >= 4 is 16.7 Å². The highest BCUT2D eigenvalue weighted by Gasteiger charge is 2.22. The molecule has 1 atom stereocenters. The Morgan fingerprint density at radius 3 is 2.81 bits per heavy atom. The number of aliphatic hydroxyl groups is 2. The molecule has 0 spiro atoms. The fourth-order valence-corrected chi connectivity index (χ4v) is 3.18. The summed E-state index contributed by atoms with van der Waals surface area (Å²) >= 11 is 0. The van der Waals surface area contributed by atoms with Crippen LogP contribution < -0.4 is 4.90 Å². The Morgan fingerprint density at radius 2 is 2.00 bits per heavy atom. The van der Waals surface area contributed by atoms with E-state index in [9.17, 15) is 10.2 Å². The van der Waals surface area contributed by atoms with E-state index < -0.39 is 0 Å². The maximum Gasteiger partial charge on any atom is 0.129 e. The van der Waals surface area contributed by atoms with Gasteiger partial charge in [0, 0.05) is 11.9 Å². The van der Waals surface area contributed by atoms with Crippen molar-refractivity contribution in [1.29, 1.82) is 0 Å². The molecule has 1 saturated heterocycles. The SMILES string of the molecule is OCc1cc(N2CCCCCC2CO)nc2ccccc12. The largest absolute Gasteiger partial charge is 0.394 e. The predicted octanol–water partition coefficient (Wildman–Crippen LogP) is 2.47. The summed E-state index contributed by atoms with van der Waals surface area (Å²) < 4.78 is 0. The number of rotatable bonds is 3. The summed E-state index contributed by atoms with van der Waals surface area (Å²) in [5, 5.41) is 20.3. The summed E-state index contributed by atoms with van der Waals surface area (Å²) in [7, 11) is 0. The second-order valence-corrected chi connectivity index (χ2v) is 5.69. The van der Waals surface area contributed by atoms with Gasteiger partial charge in [-0.3, -0.25) is 0 Å². The van der Waals surface area contributed by atoms with Crippen molar-refractivity contribution in [3.63, 3.8) is 0 Å². The van der Waals surface area contributed by atoms with Gasteiger partial charge in [-0.25, -0.2) is 4.98 Å². The molecule has 2 N–H and O–H groups in total. The molecule has 112 valence electrons. The number of nitrogens with zero attached hydrogens (tertiary/aromatic N) is 2. The molecule has 1 aliphatic rings. The average Bonchev–Trinajstić information content (AvgIpc) is 2.79.